The molecule has 0 aliphatic heterocycles. The van der Waals surface area contributed by atoms with Crippen LogP contribution >= 0.6 is 0 Å². The van der Waals surface area contributed by atoms with E-state index in [1.807, 2.05) is 6.08 Å². The monoisotopic (exact) mass is 337 g/mol. The van der Waals surface area contributed by atoms with Crippen LogP contribution in [0.15, 0.2) is 12.7 Å². The second kappa shape index (κ2) is 20.3. The zero-order valence-electron chi connectivity index (χ0n) is 16.4. The molecule has 0 atom stereocenters. The molecule has 142 valence electrons. The molecule has 0 bridgehead atoms. The third kappa shape index (κ3) is 19.3. The van der Waals surface area contributed by atoms with Gasteiger partial charge in [0.05, 0.1) is 0 Å². The molecule has 1 amide bonds. The normalized spacial score (nSPS) is 10.7. The third-order valence-corrected chi connectivity index (χ3v) is 4.68. The lowest BCUT2D eigenvalue weighted by Crippen LogP contribution is -2.23. The summed E-state index contributed by atoms with van der Waals surface area (Å²) in [6, 6.07) is 0. The first-order valence-electron chi connectivity index (χ1n) is 10.7. The van der Waals surface area contributed by atoms with Crippen molar-refractivity contribution in [1.29, 1.82) is 0 Å². The van der Waals surface area contributed by atoms with E-state index in [0.29, 0.717) is 6.42 Å². The largest absolute Gasteiger partial charge is 0.356 e. The quantitative estimate of drug-likeness (QED) is 0.201. The van der Waals surface area contributed by atoms with Crippen molar-refractivity contribution in [1.82, 2.24) is 5.32 Å². The number of hydrogen-bond donors (Lipinski definition) is 1. The first-order chi connectivity index (χ1) is 11.8. The smallest absolute Gasteiger partial charge is 0.220 e. The highest BCUT2D eigenvalue weighted by Gasteiger charge is 1.99. The van der Waals surface area contributed by atoms with Crippen molar-refractivity contribution in [3.8, 4) is 0 Å². The van der Waals surface area contributed by atoms with E-state index < -0.39 is 0 Å². The molecule has 1 N–H and O–H groups in total. The van der Waals surface area contributed by atoms with Crippen molar-refractivity contribution in [2.75, 3.05) is 6.54 Å². The molecule has 24 heavy (non-hydrogen) atoms. The molecule has 0 saturated heterocycles. The van der Waals surface area contributed by atoms with Crippen LogP contribution in [0.3, 0.4) is 0 Å². The molecule has 2 heteroatoms. The fourth-order valence-corrected chi connectivity index (χ4v) is 3.06. The van der Waals surface area contributed by atoms with E-state index in [4.69, 9.17) is 0 Å². The van der Waals surface area contributed by atoms with E-state index in [1.54, 1.807) is 0 Å². The highest BCUT2D eigenvalue weighted by molar-refractivity contribution is 5.75. The maximum atomic E-state index is 11.5. The molecule has 2 nitrogen and oxygen atoms in total. The zero-order valence-corrected chi connectivity index (χ0v) is 16.4. The van der Waals surface area contributed by atoms with Crippen LogP contribution in [0, 0.1) is 0 Å². The van der Waals surface area contributed by atoms with Crippen molar-refractivity contribution in [3.05, 3.63) is 12.7 Å². The van der Waals surface area contributed by atoms with Gasteiger partial charge in [0, 0.05) is 13.0 Å². The van der Waals surface area contributed by atoms with Gasteiger partial charge in [-0.3, -0.25) is 4.79 Å². The van der Waals surface area contributed by atoms with Crippen molar-refractivity contribution >= 4 is 5.91 Å². The highest BCUT2D eigenvalue weighted by atomic mass is 16.1. The van der Waals surface area contributed by atoms with Crippen molar-refractivity contribution in [2.45, 2.75) is 116 Å². The van der Waals surface area contributed by atoms with Crippen LogP contribution < -0.4 is 5.32 Å². The summed E-state index contributed by atoms with van der Waals surface area (Å²) < 4.78 is 0. The van der Waals surface area contributed by atoms with E-state index in [9.17, 15) is 4.79 Å². The number of carbonyl (C=O) groups is 1. The van der Waals surface area contributed by atoms with Crippen LogP contribution in [0.1, 0.15) is 116 Å². The molecule has 0 aliphatic carbocycles. The average Bonchev–Trinajstić information content (AvgIpc) is 2.58. The van der Waals surface area contributed by atoms with Gasteiger partial charge >= 0.3 is 0 Å². The van der Waals surface area contributed by atoms with E-state index in [1.165, 1.54) is 89.9 Å². The van der Waals surface area contributed by atoms with Gasteiger partial charge in [-0.2, -0.15) is 0 Å². The van der Waals surface area contributed by atoms with Gasteiger partial charge in [-0.15, -0.1) is 6.58 Å². The highest BCUT2D eigenvalue weighted by Crippen LogP contribution is 2.13. The minimum Gasteiger partial charge on any atom is -0.356 e. The minimum absolute atomic E-state index is 0.201. The van der Waals surface area contributed by atoms with Gasteiger partial charge < -0.3 is 5.32 Å². The van der Waals surface area contributed by atoms with E-state index in [2.05, 4.69) is 18.8 Å². The molecule has 0 radical (unpaired) electrons. The van der Waals surface area contributed by atoms with Crippen LogP contribution in [0.5, 0.6) is 0 Å². The Balaban J connectivity index is 3.07. The fraction of sp³-hybridized carbons (Fsp3) is 0.864. The van der Waals surface area contributed by atoms with Gasteiger partial charge in [-0.1, -0.05) is 103 Å². The molecule has 0 aromatic heterocycles. The lowest BCUT2D eigenvalue weighted by Gasteiger charge is -2.04. The molecule has 0 aliphatic rings. The Morgan fingerprint density at radius 1 is 0.750 bits per heavy atom. The first-order valence-corrected chi connectivity index (χ1v) is 10.7. The standard InChI is InChI=1S/C22H43NO/c1-3-5-7-8-9-10-11-12-13-14-15-16-17-18-19-20-22(24)23-21-6-4-2/h4H,2-3,5-21H2,1H3,(H,23,24). The van der Waals surface area contributed by atoms with Gasteiger partial charge in [0.15, 0.2) is 0 Å². The Kier molecular flexibility index (Phi) is 19.6. The Morgan fingerprint density at radius 2 is 1.17 bits per heavy atom. The average molecular weight is 338 g/mol. The molecule has 0 rings (SSSR count). The second-order valence-corrected chi connectivity index (χ2v) is 7.13. The first kappa shape index (κ1) is 23.2. The summed E-state index contributed by atoms with van der Waals surface area (Å²) in [5, 5.41) is 2.92. The lowest BCUT2D eigenvalue weighted by molar-refractivity contribution is -0.121. The molecule has 0 unspecified atom stereocenters. The van der Waals surface area contributed by atoms with Crippen LogP contribution in [-0.2, 0) is 4.79 Å². The topological polar surface area (TPSA) is 29.1 Å². The molecular formula is C22H43NO. The maximum absolute atomic E-state index is 11.5. The van der Waals surface area contributed by atoms with Gasteiger partial charge in [0.25, 0.3) is 0 Å². The van der Waals surface area contributed by atoms with Crippen LogP contribution in [-0.4, -0.2) is 12.5 Å². The number of nitrogens with one attached hydrogen (secondary N) is 1. The van der Waals surface area contributed by atoms with Crippen LogP contribution in [0.25, 0.3) is 0 Å². The summed E-state index contributed by atoms with van der Waals surface area (Å²) in [5.41, 5.74) is 0. The summed E-state index contributed by atoms with van der Waals surface area (Å²) in [6.45, 7) is 6.67. The predicted molar refractivity (Wildman–Crippen MR) is 107 cm³/mol. The van der Waals surface area contributed by atoms with E-state index in [0.717, 1.165) is 19.4 Å². The molecule has 0 spiro atoms. The predicted octanol–water partition coefficient (Wildman–Crippen LogP) is 6.94. The summed E-state index contributed by atoms with van der Waals surface area (Å²) in [6.07, 6.45) is 23.9. The van der Waals surface area contributed by atoms with E-state index in [-0.39, 0.29) is 5.91 Å². The SMILES string of the molecule is C=CCCNC(=O)CCCCCCCCCCCCCCCCC. The van der Waals surface area contributed by atoms with E-state index >= 15 is 0 Å². The fourth-order valence-electron chi connectivity index (χ4n) is 3.06. The van der Waals surface area contributed by atoms with Crippen molar-refractivity contribution in [2.24, 2.45) is 0 Å². The summed E-state index contributed by atoms with van der Waals surface area (Å²) in [4.78, 5) is 11.5. The Morgan fingerprint density at radius 3 is 1.58 bits per heavy atom. The number of rotatable bonds is 19. The zero-order chi connectivity index (χ0) is 17.7. The van der Waals surface area contributed by atoms with Crippen LogP contribution in [0.4, 0.5) is 0 Å². The molecule has 0 saturated carbocycles. The Hall–Kier alpha value is -0.790. The van der Waals surface area contributed by atoms with Crippen molar-refractivity contribution in [3.63, 3.8) is 0 Å². The summed E-state index contributed by atoms with van der Waals surface area (Å²) >= 11 is 0. The Labute approximate surface area is 151 Å². The molecule has 0 heterocycles. The summed E-state index contributed by atoms with van der Waals surface area (Å²) in [5.74, 6) is 0.201. The number of unbranched alkanes of at least 4 members (excludes halogenated alkanes) is 14. The van der Waals surface area contributed by atoms with Gasteiger partial charge in [-0.25, -0.2) is 0 Å². The molecule has 0 aromatic rings. The third-order valence-electron chi connectivity index (χ3n) is 4.68. The molecule has 0 aromatic carbocycles. The number of amides is 1. The number of hydrogen-bond acceptors (Lipinski definition) is 1. The van der Waals surface area contributed by atoms with Gasteiger partial charge in [-0.05, 0) is 12.8 Å². The van der Waals surface area contributed by atoms with Gasteiger partial charge in [0.1, 0.15) is 0 Å². The molecule has 0 fully saturated rings. The summed E-state index contributed by atoms with van der Waals surface area (Å²) in [7, 11) is 0. The minimum atomic E-state index is 0.201. The lowest BCUT2D eigenvalue weighted by atomic mass is 10.0. The Bertz CT molecular complexity index is 275. The second-order valence-electron chi connectivity index (χ2n) is 7.13. The van der Waals surface area contributed by atoms with Crippen LogP contribution in [0.2, 0.25) is 0 Å². The maximum Gasteiger partial charge on any atom is 0.220 e. The van der Waals surface area contributed by atoms with Gasteiger partial charge in [0.2, 0.25) is 5.91 Å². The van der Waals surface area contributed by atoms with Crippen molar-refractivity contribution < 1.29 is 4.79 Å². The molecular weight excluding hydrogens is 294 g/mol. The number of carbonyl (C=O) groups excluding carboxylic acids is 1.